The molecule has 0 amide bonds. The van der Waals surface area contributed by atoms with Crippen molar-refractivity contribution >= 4 is 23.1 Å². The predicted octanol–water partition coefficient (Wildman–Crippen LogP) is 8.10. The van der Waals surface area contributed by atoms with E-state index in [-0.39, 0.29) is 34.3 Å². The van der Waals surface area contributed by atoms with E-state index < -0.39 is 0 Å². The van der Waals surface area contributed by atoms with Crippen molar-refractivity contribution in [3.8, 4) is 0 Å². The van der Waals surface area contributed by atoms with Gasteiger partial charge in [0.25, 0.3) is 0 Å². The summed E-state index contributed by atoms with van der Waals surface area (Å²) in [5.41, 5.74) is -0.313. The van der Waals surface area contributed by atoms with Gasteiger partial charge in [0, 0.05) is 91.0 Å². The number of ether oxygens (including phenoxy) is 13. The molecule has 17 nitrogen and oxygen atoms in total. The molecule has 0 bridgehead atoms. The Balaban J connectivity index is 3.27. The summed E-state index contributed by atoms with van der Waals surface area (Å²) in [6.45, 7) is 24.2. The molecule has 0 heterocycles. The summed E-state index contributed by atoms with van der Waals surface area (Å²) in [6.07, 6.45) is 12.4. The lowest BCUT2D eigenvalue weighted by atomic mass is 10.1. The summed E-state index contributed by atoms with van der Waals surface area (Å²) in [7, 11) is 0. The Hall–Kier alpha value is -1.84. The lowest BCUT2D eigenvalue weighted by molar-refractivity contribution is -0.121. The van der Waals surface area contributed by atoms with Gasteiger partial charge in [-0.1, -0.05) is 0 Å². The fourth-order valence-corrected chi connectivity index (χ4v) is 6.34. The third kappa shape index (κ3) is 60.6. The van der Waals surface area contributed by atoms with Gasteiger partial charge in [-0.05, 0) is 106 Å². The largest absolute Gasteiger partial charge is 0.379 e. The quantitative estimate of drug-likeness (QED) is 0.0531. The normalized spacial score (nSPS) is 12.0. The van der Waals surface area contributed by atoms with Crippen LogP contribution in [0.2, 0.25) is 0 Å². The highest BCUT2D eigenvalue weighted by molar-refractivity contribution is 5.79. The SMILES string of the molecule is CC(C)(C)OCCCC(=O)CCCCOCCOCCOCCCCC(=O)CCOCCOCCOCCOCCOCCC(=O)CCCCOCCOCCOCCCCC(=O)CCCOC(C)(C)C. The molecule has 0 unspecified atom stereocenters. The van der Waals surface area contributed by atoms with Crippen molar-refractivity contribution in [1.82, 2.24) is 0 Å². The molecule has 0 rings (SSSR count). The van der Waals surface area contributed by atoms with Gasteiger partial charge in [-0.15, -0.1) is 0 Å². The summed E-state index contributed by atoms with van der Waals surface area (Å²) in [4.78, 5) is 48.1. The summed E-state index contributed by atoms with van der Waals surface area (Å²) >= 11 is 0. The summed E-state index contributed by atoms with van der Waals surface area (Å²) in [5.74, 6) is 0.949. The highest BCUT2D eigenvalue weighted by Gasteiger charge is 2.12. The Morgan fingerprint density at radius 2 is 0.394 bits per heavy atom. The fraction of sp³-hybridized carbons (Fsp3) is 0.926. The molecular formula is C54H102O17. The number of unbranched alkanes of at least 4 members (excludes halogenated alkanes) is 4. The molecule has 0 saturated heterocycles. The van der Waals surface area contributed by atoms with Crippen LogP contribution in [0.3, 0.4) is 0 Å². The molecule has 0 aliphatic rings. The van der Waals surface area contributed by atoms with Crippen LogP contribution >= 0.6 is 0 Å². The van der Waals surface area contributed by atoms with Gasteiger partial charge in [-0.25, -0.2) is 0 Å². The Kier molecular flexibility index (Phi) is 50.3. The van der Waals surface area contributed by atoms with E-state index in [1.54, 1.807) is 0 Å². The number of hydrogen-bond donors (Lipinski definition) is 0. The molecule has 0 radical (unpaired) electrons. The predicted molar refractivity (Wildman–Crippen MR) is 274 cm³/mol. The van der Waals surface area contributed by atoms with E-state index in [0.29, 0.717) is 210 Å². The minimum atomic E-state index is -0.157. The maximum absolute atomic E-state index is 12.1. The van der Waals surface area contributed by atoms with Crippen LogP contribution in [0.15, 0.2) is 0 Å². The second-order valence-electron chi connectivity index (χ2n) is 19.3. The number of hydrogen-bond acceptors (Lipinski definition) is 17. The van der Waals surface area contributed by atoms with Gasteiger partial charge in [0.15, 0.2) is 0 Å². The third-order valence-corrected chi connectivity index (χ3v) is 10.3. The molecule has 0 N–H and O–H groups in total. The number of carbonyl (C=O) groups is 4. The Morgan fingerprint density at radius 1 is 0.211 bits per heavy atom. The van der Waals surface area contributed by atoms with Crippen molar-refractivity contribution in [2.45, 2.75) is 168 Å². The van der Waals surface area contributed by atoms with E-state index in [1.165, 1.54) is 0 Å². The molecule has 0 saturated carbocycles. The standard InChI is InChI=1S/C54H102O17/c1-53(2,3)70-29-15-21-49(55)17-7-11-25-59-33-39-65-41-35-61-27-13-9-19-51(57)23-31-63-37-43-67-45-47-69-48-46-68-44-38-64-32-24-52(58)20-10-14-28-62-36-42-66-40-34-60-26-12-8-18-50(56)22-16-30-71-54(4,5)6/h7-48H2,1-6H3. The van der Waals surface area contributed by atoms with E-state index in [0.717, 1.165) is 64.2 Å². The van der Waals surface area contributed by atoms with Gasteiger partial charge >= 0.3 is 0 Å². The van der Waals surface area contributed by atoms with Crippen molar-refractivity contribution in [3.05, 3.63) is 0 Å². The van der Waals surface area contributed by atoms with Crippen LogP contribution in [0.4, 0.5) is 0 Å². The van der Waals surface area contributed by atoms with E-state index in [1.807, 2.05) is 41.5 Å². The van der Waals surface area contributed by atoms with Crippen molar-refractivity contribution in [1.29, 1.82) is 0 Å². The average Bonchev–Trinajstić information content (AvgIpc) is 3.32. The molecule has 0 aromatic carbocycles. The zero-order valence-electron chi connectivity index (χ0n) is 45.6. The first-order valence-electron chi connectivity index (χ1n) is 27.0. The third-order valence-electron chi connectivity index (χ3n) is 10.3. The maximum Gasteiger partial charge on any atom is 0.135 e. The van der Waals surface area contributed by atoms with Crippen LogP contribution in [0.1, 0.15) is 157 Å². The van der Waals surface area contributed by atoms with E-state index in [4.69, 9.17) is 61.6 Å². The summed E-state index contributed by atoms with van der Waals surface area (Å²) in [6, 6.07) is 0. The topological polar surface area (TPSA) is 188 Å². The van der Waals surface area contributed by atoms with Gasteiger partial charge in [0.2, 0.25) is 0 Å². The molecule has 0 aromatic rings. The lowest BCUT2D eigenvalue weighted by Crippen LogP contribution is -2.20. The van der Waals surface area contributed by atoms with Crippen molar-refractivity contribution in [2.75, 3.05) is 159 Å². The first-order valence-corrected chi connectivity index (χ1v) is 27.0. The van der Waals surface area contributed by atoms with Crippen LogP contribution in [0, 0.1) is 0 Å². The summed E-state index contributed by atoms with van der Waals surface area (Å²) in [5, 5.41) is 0. The zero-order chi connectivity index (χ0) is 52.2. The minimum absolute atomic E-state index is 0.157. The van der Waals surface area contributed by atoms with Crippen LogP contribution in [0.5, 0.6) is 0 Å². The highest BCUT2D eigenvalue weighted by atomic mass is 16.6. The van der Waals surface area contributed by atoms with Gasteiger partial charge in [0.1, 0.15) is 23.1 Å². The van der Waals surface area contributed by atoms with E-state index in [2.05, 4.69) is 0 Å². The van der Waals surface area contributed by atoms with Gasteiger partial charge in [-0.3, -0.25) is 19.2 Å². The van der Waals surface area contributed by atoms with Gasteiger partial charge < -0.3 is 61.6 Å². The molecule has 420 valence electrons. The number of rotatable bonds is 58. The maximum atomic E-state index is 12.1. The Bertz CT molecular complexity index is 1120. The average molecular weight is 1020 g/mol. The monoisotopic (exact) mass is 1020 g/mol. The Labute approximate surface area is 429 Å². The lowest BCUT2D eigenvalue weighted by Gasteiger charge is -2.19. The molecule has 71 heavy (non-hydrogen) atoms. The second kappa shape index (κ2) is 51.6. The van der Waals surface area contributed by atoms with Crippen molar-refractivity contribution in [2.24, 2.45) is 0 Å². The molecule has 0 fully saturated rings. The molecular weight excluding hydrogens is 921 g/mol. The molecule has 0 aliphatic heterocycles. The van der Waals surface area contributed by atoms with Crippen molar-refractivity contribution in [3.63, 3.8) is 0 Å². The Morgan fingerprint density at radius 3 is 0.620 bits per heavy atom. The van der Waals surface area contributed by atoms with Gasteiger partial charge in [-0.2, -0.15) is 0 Å². The van der Waals surface area contributed by atoms with Gasteiger partial charge in [0.05, 0.1) is 130 Å². The highest BCUT2D eigenvalue weighted by Crippen LogP contribution is 2.11. The van der Waals surface area contributed by atoms with E-state index in [9.17, 15) is 19.2 Å². The number of carbonyl (C=O) groups excluding carboxylic acids is 4. The van der Waals surface area contributed by atoms with Crippen LogP contribution in [0.25, 0.3) is 0 Å². The smallest absolute Gasteiger partial charge is 0.135 e. The zero-order valence-corrected chi connectivity index (χ0v) is 45.6. The van der Waals surface area contributed by atoms with Crippen molar-refractivity contribution < 1.29 is 80.8 Å². The van der Waals surface area contributed by atoms with Crippen LogP contribution in [-0.4, -0.2) is 193 Å². The molecule has 0 aromatic heterocycles. The second-order valence-corrected chi connectivity index (χ2v) is 19.3. The fourth-order valence-electron chi connectivity index (χ4n) is 6.34. The first-order chi connectivity index (χ1) is 34.3. The first kappa shape index (κ1) is 69.2. The van der Waals surface area contributed by atoms with Crippen LogP contribution in [-0.2, 0) is 80.8 Å². The summed E-state index contributed by atoms with van der Waals surface area (Å²) < 4.78 is 72.3. The molecule has 0 spiro atoms. The molecule has 17 heteroatoms. The van der Waals surface area contributed by atoms with Crippen LogP contribution < -0.4 is 0 Å². The number of ketones is 4. The molecule has 0 aliphatic carbocycles. The molecule has 0 atom stereocenters. The number of Topliss-reactive ketones (excluding diaryl/α,β-unsaturated/α-hetero) is 4. The van der Waals surface area contributed by atoms with E-state index >= 15 is 0 Å². The minimum Gasteiger partial charge on any atom is -0.379 e.